The number of ether oxygens (including phenoxy) is 1. The summed E-state index contributed by atoms with van der Waals surface area (Å²) in [4.78, 5) is 25.1. The molecular formula is C19H12BrN3O5. The number of nitro benzene ring substituents is 2. The molecule has 28 heavy (non-hydrogen) atoms. The Morgan fingerprint density at radius 1 is 0.893 bits per heavy atom. The van der Waals surface area contributed by atoms with Crippen LogP contribution in [0.4, 0.5) is 17.1 Å². The lowest BCUT2D eigenvalue weighted by molar-refractivity contribution is -0.394. The van der Waals surface area contributed by atoms with Crippen molar-refractivity contribution >= 4 is 39.2 Å². The summed E-state index contributed by atoms with van der Waals surface area (Å²) in [7, 11) is 0. The van der Waals surface area contributed by atoms with Crippen LogP contribution in [0.2, 0.25) is 0 Å². The van der Waals surface area contributed by atoms with Crippen LogP contribution in [0, 0.1) is 20.2 Å². The Balaban J connectivity index is 1.98. The third-order valence-corrected chi connectivity index (χ3v) is 4.14. The van der Waals surface area contributed by atoms with E-state index in [4.69, 9.17) is 4.74 Å². The first kappa shape index (κ1) is 19.2. The molecule has 9 heteroatoms. The van der Waals surface area contributed by atoms with Gasteiger partial charge < -0.3 is 4.74 Å². The number of benzene rings is 3. The predicted molar refractivity (Wildman–Crippen MR) is 108 cm³/mol. The highest BCUT2D eigenvalue weighted by Gasteiger charge is 2.21. The lowest BCUT2D eigenvalue weighted by atomic mass is 10.2. The van der Waals surface area contributed by atoms with Gasteiger partial charge in [-0.05, 0) is 36.4 Å². The second-order valence-corrected chi connectivity index (χ2v) is 6.46. The molecule has 8 nitrogen and oxygen atoms in total. The van der Waals surface area contributed by atoms with Crippen LogP contribution in [-0.4, -0.2) is 16.1 Å². The Labute approximate surface area is 167 Å². The van der Waals surface area contributed by atoms with E-state index in [0.717, 1.165) is 22.3 Å². The van der Waals surface area contributed by atoms with Gasteiger partial charge in [0, 0.05) is 22.3 Å². The van der Waals surface area contributed by atoms with Crippen molar-refractivity contribution in [1.82, 2.24) is 0 Å². The van der Waals surface area contributed by atoms with Crippen LogP contribution in [0.1, 0.15) is 5.56 Å². The number of non-ortho nitro benzene ring substituents is 1. The Morgan fingerprint density at radius 3 is 2.29 bits per heavy atom. The zero-order chi connectivity index (χ0) is 20.1. The van der Waals surface area contributed by atoms with Crippen molar-refractivity contribution in [3.8, 4) is 11.5 Å². The van der Waals surface area contributed by atoms with Gasteiger partial charge in [0.2, 0.25) is 5.75 Å². The summed E-state index contributed by atoms with van der Waals surface area (Å²) in [5.41, 5.74) is 0.421. The molecule has 0 N–H and O–H groups in total. The highest BCUT2D eigenvalue weighted by atomic mass is 79.9. The molecule has 0 spiro atoms. The lowest BCUT2D eigenvalue weighted by Crippen LogP contribution is -1.97. The molecule has 3 rings (SSSR count). The highest BCUT2D eigenvalue weighted by Crippen LogP contribution is 2.36. The van der Waals surface area contributed by atoms with E-state index in [1.54, 1.807) is 24.4 Å². The maximum atomic E-state index is 11.3. The van der Waals surface area contributed by atoms with Gasteiger partial charge in [0.05, 0.1) is 21.6 Å². The average Bonchev–Trinajstić information content (AvgIpc) is 2.68. The summed E-state index contributed by atoms with van der Waals surface area (Å²) in [5.74, 6) is 0.215. The fourth-order valence-electron chi connectivity index (χ4n) is 2.34. The molecule has 0 bridgehead atoms. The minimum absolute atomic E-state index is 0.104. The van der Waals surface area contributed by atoms with Gasteiger partial charge in [-0.1, -0.05) is 34.1 Å². The van der Waals surface area contributed by atoms with E-state index in [0.29, 0.717) is 11.3 Å². The number of hydrogen-bond acceptors (Lipinski definition) is 6. The maximum absolute atomic E-state index is 11.3. The van der Waals surface area contributed by atoms with Gasteiger partial charge in [0.15, 0.2) is 0 Å². The van der Waals surface area contributed by atoms with E-state index in [1.165, 1.54) is 6.07 Å². The summed E-state index contributed by atoms with van der Waals surface area (Å²) >= 11 is 3.37. The molecule has 0 heterocycles. The Hall–Kier alpha value is -3.59. The van der Waals surface area contributed by atoms with Crippen LogP contribution >= 0.6 is 15.9 Å². The quantitative estimate of drug-likeness (QED) is 0.272. The van der Waals surface area contributed by atoms with Crippen LogP contribution < -0.4 is 4.74 Å². The van der Waals surface area contributed by atoms with E-state index in [1.807, 2.05) is 30.3 Å². The summed E-state index contributed by atoms with van der Waals surface area (Å²) in [6.45, 7) is 0. The number of aliphatic imine (C=N–C) groups is 1. The molecule has 3 aromatic rings. The molecule has 0 unspecified atom stereocenters. The van der Waals surface area contributed by atoms with Crippen LogP contribution in [0.15, 0.2) is 76.2 Å². The number of hydrogen-bond donors (Lipinski definition) is 0. The van der Waals surface area contributed by atoms with Gasteiger partial charge in [0.1, 0.15) is 5.75 Å². The van der Waals surface area contributed by atoms with Gasteiger partial charge >= 0.3 is 5.69 Å². The van der Waals surface area contributed by atoms with E-state index in [9.17, 15) is 20.2 Å². The van der Waals surface area contributed by atoms with E-state index in [-0.39, 0.29) is 11.4 Å². The summed E-state index contributed by atoms with van der Waals surface area (Å²) < 4.78 is 6.47. The first-order valence-electron chi connectivity index (χ1n) is 7.93. The van der Waals surface area contributed by atoms with Crippen molar-refractivity contribution in [3.63, 3.8) is 0 Å². The minimum Gasteiger partial charge on any atom is -0.449 e. The molecule has 140 valence electrons. The first-order chi connectivity index (χ1) is 13.4. The summed E-state index contributed by atoms with van der Waals surface area (Å²) in [6.07, 6.45) is 1.58. The smallest absolute Gasteiger partial charge is 0.318 e. The van der Waals surface area contributed by atoms with Crippen molar-refractivity contribution in [1.29, 1.82) is 0 Å². The van der Waals surface area contributed by atoms with E-state index >= 15 is 0 Å². The van der Waals surface area contributed by atoms with E-state index < -0.39 is 15.5 Å². The van der Waals surface area contributed by atoms with Crippen molar-refractivity contribution in [3.05, 3.63) is 97.0 Å². The SMILES string of the molecule is O=[N+]([O-])c1ccc(Oc2ccc(Br)cc2C=Nc2ccccc2)c([N+](=O)[O-])c1. The molecular weight excluding hydrogens is 430 g/mol. The van der Waals surface area contributed by atoms with Gasteiger partial charge in [-0.2, -0.15) is 0 Å². The second kappa shape index (κ2) is 8.40. The number of nitro groups is 2. The number of para-hydroxylation sites is 1. The van der Waals surface area contributed by atoms with Crippen molar-refractivity contribution in [2.24, 2.45) is 4.99 Å². The topological polar surface area (TPSA) is 108 Å². The Morgan fingerprint density at radius 2 is 1.61 bits per heavy atom. The largest absolute Gasteiger partial charge is 0.449 e. The van der Waals surface area contributed by atoms with Crippen molar-refractivity contribution in [2.75, 3.05) is 0 Å². The van der Waals surface area contributed by atoms with Crippen LogP contribution in [0.5, 0.6) is 11.5 Å². The van der Waals surface area contributed by atoms with Crippen LogP contribution in [0.3, 0.4) is 0 Å². The summed E-state index contributed by atoms with van der Waals surface area (Å²) in [6, 6.07) is 17.6. The van der Waals surface area contributed by atoms with Crippen LogP contribution in [-0.2, 0) is 0 Å². The lowest BCUT2D eigenvalue weighted by Gasteiger charge is -2.09. The van der Waals surface area contributed by atoms with Crippen molar-refractivity contribution < 1.29 is 14.6 Å². The Bertz CT molecular complexity index is 1070. The number of halogens is 1. The fraction of sp³-hybridized carbons (Fsp3) is 0. The first-order valence-corrected chi connectivity index (χ1v) is 8.72. The fourth-order valence-corrected chi connectivity index (χ4v) is 2.72. The maximum Gasteiger partial charge on any atom is 0.318 e. The third-order valence-electron chi connectivity index (χ3n) is 3.65. The third kappa shape index (κ3) is 4.57. The van der Waals surface area contributed by atoms with Crippen molar-refractivity contribution in [2.45, 2.75) is 0 Å². The number of rotatable bonds is 6. The summed E-state index contributed by atoms with van der Waals surface area (Å²) in [5, 5.41) is 22.2. The molecule has 0 radical (unpaired) electrons. The molecule has 3 aromatic carbocycles. The number of nitrogens with zero attached hydrogens (tertiary/aromatic N) is 3. The van der Waals surface area contributed by atoms with Gasteiger partial charge in [0.25, 0.3) is 5.69 Å². The zero-order valence-electron chi connectivity index (χ0n) is 14.2. The monoisotopic (exact) mass is 441 g/mol. The van der Waals surface area contributed by atoms with Gasteiger partial charge in [-0.15, -0.1) is 0 Å². The van der Waals surface area contributed by atoms with Gasteiger partial charge in [-0.3, -0.25) is 25.2 Å². The molecule has 0 aliphatic carbocycles. The average molecular weight is 442 g/mol. The minimum atomic E-state index is -0.723. The normalized spacial score (nSPS) is 10.8. The van der Waals surface area contributed by atoms with E-state index in [2.05, 4.69) is 20.9 Å². The molecule has 0 saturated heterocycles. The van der Waals surface area contributed by atoms with Gasteiger partial charge in [-0.25, -0.2) is 0 Å². The molecule has 0 aromatic heterocycles. The molecule has 0 aliphatic heterocycles. The van der Waals surface area contributed by atoms with Crippen LogP contribution in [0.25, 0.3) is 0 Å². The molecule has 0 saturated carbocycles. The molecule has 0 aliphatic rings. The standard InChI is InChI=1S/C19H12BrN3O5/c20-14-6-8-18(13(10-14)12-21-15-4-2-1-3-5-15)28-19-9-7-16(22(24)25)11-17(19)23(26)27/h1-12H. The Kier molecular flexibility index (Phi) is 5.75. The molecule has 0 fully saturated rings. The zero-order valence-corrected chi connectivity index (χ0v) is 15.8. The molecule has 0 atom stereocenters. The molecule has 0 amide bonds. The highest BCUT2D eigenvalue weighted by molar-refractivity contribution is 9.10. The second-order valence-electron chi connectivity index (χ2n) is 5.54. The predicted octanol–water partition coefficient (Wildman–Crippen LogP) is 5.81.